The molecule has 0 saturated carbocycles. The fraction of sp³-hybridized carbons (Fsp3) is 0.200. The Bertz CT molecular complexity index is 1030. The number of aliphatic hydroxyl groups is 1. The molecule has 1 heterocycles. The largest absolute Gasteiger partial charge is 0.418 e. The zero-order chi connectivity index (χ0) is 19.4. The predicted octanol–water partition coefficient (Wildman–Crippen LogP) is 3.32. The molecule has 0 aliphatic carbocycles. The van der Waals surface area contributed by atoms with Gasteiger partial charge in [0, 0.05) is 11.3 Å². The number of benzene rings is 2. The number of anilines is 1. The van der Waals surface area contributed by atoms with Gasteiger partial charge in [-0.1, -0.05) is 0 Å². The van der Waals surface area contributed by atoms with Crippen molar-refractivity contribution in [2.24, 2.45) is 0 Å². The van der Waals surface area contributed by atoms with Gasteiger partial charge in [-0.2, -0.15) is 10.5 Å². The van der Waals surface area contributed by atoms with Crippen molar-refractivity contribution in [3.8, 4) is 23.6 Å². The zero-order valence-electron chi connectivity index (χ0n) is 14.8. The van der Waals surface area contributed by atoms with Crippen molar-refractivity contribution in [2.45, 2.75) is 26.0 Å². The molecule has 0 aliphatic rings. The Balaban J connectivity index is 1.85. The molecule has 0 aliphatic heterocycles. The monoisotopic (exact) mass is 359 g/mol. The molecular weight excluding hydrogens is 342 g/mol. The number of rotatable bonds is 5. The topological polar surface area (TPSA) is 119 Å². The molecule has 2 atom stereocenters. The number of aliphatic hydroxyl groups excluding tert-OH is 1. The lowest BCUT2D eigenvalue weighted by Crippen LogP contribution is -2.23. The van der Waals surface area contributed by atoms with E-state index in [1.807, 2.05) is 13.0 Å². The van der Waals surface area contributed by atoms with Gasteiger partial charge >= 0.3 is 0 Å². The molecule has 0 amide bonds. The lowest BCUT2D eigenvalue weighted by molar-refractivity contribution is 0.160. The summed E-state index contributed by atoms with van der Waals surface area (Å²) in [5, 5.41) is 39.3. The van der Waals surface area contributed by atoms with Crippen LogP contribution in [-0.2, 0) is 0 Å². The maximum absolute atomic E-state index is 10.2. The Morgan fingerprint density at radius 1 is 1.07 bits per heavy atom. The Kier molecular flexibility index (Phi) is 5.16. The standard InChI is InChI=1S/C20H17N5O2/c1-12-9-17(8-7-16(12)11-22)23-18(13(2)26)20-25-24-19(27-20)15-5-3-14(10-21)4-6-15/h3-9,13,18,23,26H,1-2H3/t13-,18?/m0/s1. The molecule has 0 spiro atoms. The van der Waals surface area contributed by atoms with E-state index in [0.29, 0.717) is 22.6 Å². The Hall–Kier alpha value is -3.68. The van der Waals surface area contributed by atoms with E-state index in [9.17, 15) is 5.11 Å². The lowest BCUT2D eigenvalue weighted by Gasteiger charge is -2.19. The highest BCUT2D eigenvalue weighted by Gasteiger charge is 2.24. The van der Waals surface area contributed by atoms with Crippen molar-refractivity contribution in [1.82, 2.24) is 10.2 Å². The van der Waals surface area contributed by atoms with Crippen LogP contribution in [0.25, 0.3) is 11.5 Å². The van der Waals surface area contributed by atoms with Gasteiger partial charge in [0.15, 0.2) is 0 Å². The first-order valence-corrected chi connectivity index (χ1v) is 8.31. The molecule has 7 nitrogen and oxygen atoms in total. The van der Waals surface area contributed by atoms with Crippen LogP contribution in [-0.4, -0.2) is 21.4 Å². The van der Waals surface area contributed by atoms with E-state index in [1.54, 1.807) is 43.3 Å². The van der Waals surface area contributed by atoms with E-state index in [4.69, 9.17) is 14.9 Å². The third-order valence-electron chi connectivity index (χ3n) is 4.12. The van der Waals surface area contributed by atoms with Gasteiger partial charge in [-0.3, -0.25) is 0 Å². The van der Waals surface area contributed by atoms with Crippen molar-refractivity contribution in [1.29, 1.82) is 10.5 Å². The fourth-order valence-corrected chi connectivity index (χ4v) is 2.61. The third kappa shape index (κ3) is 3.95. The summed E-state index contributed by atoms with van der Waals surface area (Å²) in [4.78, 5) is 0. The van der Waals surface area contributed by atoms with Crippen molar-refractivity contribution >= 4 is 5.69 Å². The summed E-state index contributed by atoms with van der Waals surface area (Å²) in [6.07, 6.45) is -0.796. The highest BCUT2D eigenvalue weighted by molar-refractivity contribution is 5.55. The maximum atomic E-state index is 10.2. The summed E-state index contributed by atoms with van der Waals surface area (Å²) >= 11 is 0. The van der Waals surface area contributed by atoms with Gasteiger partial charge in [0.05, 0.1) is 29.4 Å². The van der Waals surface area contributed by atoms with Crippen molar-refractivity contribution in [3.63, 3.8) is 0 Å². The van der Waals surface area contributed by atoms with Gasteiger partial charge in [0.25, 0.3) is 0 Å². The minimum atomic E-state index is -0.796. The molecule has 0 saturated heterocycles. The molecule has 0 radical (unpaired) electrons. The Labute approximate surface area is 156 Å². The molecule has 134 valence electrons. The van der Waals surface area contributed by atoms with Crippen LogP contribution in [0.2, 0.25) is 0 Å². The van der Waals surface area contributed by atoms with Crippen LogP contribution in [0.3, 0.4) is 0 Å². The van der Waals surface area contributed by atoms with Crippen molar-refractivity contribution in [2.75, 3.05) is 5.32 Å². The van der Waals surface area contributed by atoms with Gasteiger partial charge in [-0.15, -0.1) is 10.2 Å². The second kappa shape index (κ2) is 7.69. The normalized spacial score (nSPS) is 12.6. The second-order valence-corrected chi connectivity index (χ2v) is 6.14. The van der Waals surface area contributed by atoms with Crippen LogP contribution in [0.5, 0.6) is 0 Å². The van der Waals surface area contributed by atoms with Crippen LogP contribution >= 0.6 is 0 Å². The molecule has 2 aromatic carbocycles. The highest BCUT2D eigenvalue weighted by atomic mass is 16.4. The summed E-state index contributed by atoms with van der Waals surface area (Å²) in [7, 11) is 0. The molecule has 7 heteroatoms. The predicted molar refractivity (Wildman–Crippen MR) is 98.4 cm³/mol. The first-order valence-electron chi connectivity index (χ1n) is 8.31. The molecule has 1 unspecified atom stereocenters. The number of nitriles is 2. The van der Waals surface area contributed by atoms with E-state index in [-0.39, 0.29) is 5.89 Å². The van der Waals surface area contributed by atoms with Crippen LogP contribution in [0, 0.1) is 29.6 Å². The van der Waals surface area contributed by atoms with Gasteiger partial charge in [0.2, 0.25) is 11.8 Å². The number of nitrogens with one attached hydrogen (secondary N) is 1. The molecule has 0 fully saturated rings. The Morgan fingerprint density at radius 3 is 2.41 bits per heavy atom. The molecule has 27 heavy (non-hydrogen) atoms. The van der Waals surface area contributed by atoms with E-state index < -0.39 is 12.1 Å². The first kappa shape index (κ1) is 18.1. The van der Waals surface area contributed by atoms with Gasteiger partial charge in [-0.05, 0) is 61.9 Å². The maximum Gasteiger partial charge on any atom is 0.247 e. The Morgan fingerprint density at radius 2 is 1.81 bits per heavy atom. The van der Waals surface area contributed by atoms with Crippen molar-refractivity contribution < 1.29 is 9.52 Å². The fourth-order valence-electron chi connectivity index (χ4n) is 2.61. The smallest absolute Gasteiger partial charge is 0.247 e. The number of hydrogen-bond donors (Lipinski definition) is 2. The van der Waals surface area contributed by atoms with Gasteiger partial charge < -0.3 is 14.8 Å². The number of hydrogen-bond acceptors (Lipinski definition) is 7. The van der Waals surface area contributed by atoms with E-state index in [0.717, 1.165) is 11.3 Å². The summed E-state index contributed by atoms with van der Waals surface area (Å²) in [6, 6.07) is 15.7. The summed E-state index contributed by atoms with van der Waals surface area (Å²) in [5.41, 5.74) is 3.38. The minimum Gasteiger partial charge on any atom is -0.418 e. The lowest BCUT2D eigenvalue weighted by atomic mass is 10.1. The van der Waals surface area contributed by atoms with Gasteiger partial charge in [0.1, 0.15) is 6.04 Å². The minimum absolute atomic E-state index is 0.242. The third-order valence-corrected chi connectivity index (χ3v) is 4.12. The summed E-state index contributed by atoms with van der Waals surface area (Å²) < 4.78 is 5.73. The van der Waals surface area contributed by atoms with Crippen molar-refractivity contribution in [3.05, 3.63) is 65.0 Å². The zero-order valence-corrected chi connectivity index (χ0v) is 14.8. The molecule has 3 rings (SSSR count). The van der Waals surface area contributed by atoms with E-state index in [1.165, 1.54) is 0 Å². The molecule has 1 aromatic heterocycles. The second-order valence-electron chi connectivity index (χ2n) is 6.14. The summed E-state index contributed by atoms with van der Waals surface area (Å²) in [5.74, 6) is 0.546. The van der Waals surface area contributed by atoms with E-state index in [2.05, 4.69) is 27.7 Å². The average molecular weight is 359 g/mol. The average Bonchev–Trinajstić information content (AvgIpc) is 3.16. The molecular formula is C20H17N5O2. The van der Waals surface area contributed by atoms with Crippen LogP contribution in [0.1, 0.15) is 35.5 Å². The summed E-state index contributed by atoms with van der Waals surface area (Å²) in [6.45, 7) is 3.47. The van der Waals surface area contributed by atoms with Gasteiger partial charge in [-0.25, -0.2) is 0 Å². The molecule has 2 N–H and O–H groups in total. The van der Waals surface area contributed by atoms with Crippen LogP contribution < -0.4 is 5.32 Å². The van der Waals surface area contributed by atoms with E-state index >= 15 is 0 Å². The molecule has 0 bridgehead atoms. The molecule has 3 aromatic rings. The number of nitrogens with zero attached hydrogens (tertiary/aromatic N) is 4. The SMILES string of the molecule is Cc1cc(NC(c2nnc(-c3ccc(C#N)cc3)o2)[C@H](C)O)ccc1C#N. The number of aromatic nitrogens is 2. The highest BCUT2D eigenvalue weighted by Crippen LogP contribution is 2.26. The quantitative estimate of drug-likeness (QED) is 0.717. The van der Waals surface area contributed by atoms with Crippen LogP contribution in [0.4, 0.5) is 5.69 Å². The first-order chi connectivity index (χ1) is 13.0. The number of aryl methyl sites for hydroxylation is 1. The van der Waals surface area contributed by atoms with Crippen LogP contribution in [0.15, 0.2) is 46.9 Å².